The fourth-order valence-electron chi connectivity index (χ4n) is 5.70. The van der Waals surface area contributed by atoms with Gasteiger partial charge in [0, 0.05) is 18.4 Å². The Morgan fingerprint density at radius 2 is 1.96 bits per heavy atom. The smallest absolute Gasteiger partial charge is 0.116 e. The number of rotatable bonds is 2. The van der Waals surface area contributed by atoms with Crippen molar-refractivity contribution in [2.75, 3.05) is 6.61 Å². The highest BCUT2D eigenvalue weighted by atomic mass is 16.3. The largest absolute Gasteiger partial charge is 0.508 e. The molecule has 5 atom stereocenters. The molecule has 4 rings (SSSR count). The molecular weight excluding hydrogens is 316 g/mol. The molecule has 1 fully saturated rings. The number of hydrogen-bond donors (Lipinski definition) is 4. The Balaban J connectivity index is 1.92. The Hall–Kier alpha value is -1.62. The van der Waals surface area contributed by atoms with E-state index in [1.54, 1.807) is 12.1 Å². The molecule has 0 radical (unpaired) electrons. The number of aliphatic hydroxyl groups is 3. The summed E-state index contributed by atoms with van der Waals surface area (Å²) in [5, 5.41) is 43.5. The van der Waals surface area contributed by atoms with Gasteiger partial charge in [-0.25, -0.2) is 0 Å². The molecule has 1 saturated carbocycles. The van der Waals surface area contributed by atoms with Gasteiger partial charge in [-0.2, -0.15) is 0 Å². The summed E-state index contributed by atoms with van der Waals surface area (Å²) in [5.41, 5.74) is 0.585. The van der Waals surface area contributed by atoms with Crippen LogP contribution in [0.3, 0.4) is 0 Å². The molecule has 0 amide bonds. The minimum atomic E-state index is -0.977. The molecule has 4 nitrogen and oxygen atoms in total. The number of phenolic OH excluding ortho intramolecular Hbond substituents is 1. The molecule has 4 heteroatoms. The van der Waals surface area contributed by atoms with Gasteiger partial charge in [-0.05, 0) is 58.7 Å². The van der Waals surface area contributed by atoms with Crippen LogP contribution in [0, 0.1) is 11.3 Å². The summed E-state index contributed by atoms with van der Waals surface area (Å²) < 4.78 is 0. The zero-order chi connectivity index (χ0) is 18.0. The molecule has 0 bridgehead atoms. The average Bonchev–Trinajstić information content (AvgIpc) is 2.75. The molecule has 0 saturated heterocycles. The van der Waals surface area contributed by atoms with E-state index in [1.807, 2.05) is 25.1 Å². The second-order valence-corrected chi connectivity index (χ2v) is 8.20. The lowest BCUT2D eigenvalue weighted by Gasteiger charge is -2.49. The minimum absolute atomic E-state index is 0.0525. The average molecular weight is 342 g/mol. The fourth-order valence-corrected chi connectivity index (χ4v) is 5.70. The van der Waals surface area contributed by atoms with Crippen LogP contribution >= 0.6 is 0 Å². The van der Waals surface area contributed by atoms with Gasteiger partial charge in [-0.1, -0.05) is 32.0 Å². The molecule has 2 aromatic rings. The number of phenols is 1. The van der Waals surface area contributed by atoms with Crippen molar-refractivity contribution in [2.45, 2.75) is 50.7 Å². The highest BCUT2D eigenvalue weighted by Crippen LogP contribution is 2.65. The molecule has 0 unspecified atom stereocenters. The number of hydrogen-bond acceptors (Lipinski definition) is 4. The van der Waals surface area contributed by atoms with E-state index in [-0.39, 0.29) is 24.2 Å². The second kappa shape index (κ2) is 5.44. The minimum Gasteiger partial charge on any atom is -0.508 e. The number of aliphatic hydroxyl groups excluding tert-OH is 2. The van der Waals surface area contributed by atoms with Crippen LogP contribution in [0.25, 0.3) is 10.8 Å². The molecular formula is C21H26O4. The third kappa shape index (κ3) is 2.11. The molecule has 134 valence electrons. The molecule has 25 heavy (non-hydrogen) atoms. The summed E-state index contributed by atoms with van der Waals surface area (Å²) >= 11 is 0. The quantitative estimate of drug-likeness (QED) is 0.675. The van der Waals surface area contributed by atoms with Crippen molar-refractivity contribution in [3.8, 4) is 5.75 Å². The first-order valence-electron chi connectivity index (χ1n) is 9.08. The van der Waals surface area contributed by atoms with Gasteiger partial charge in [0.15, 0.2) is 0 Å². The predicted octanol–water partition coefficient (Wildman–Crippen LogP) is 3.23. The summed E-state index contributed by atoms with van der Waals surface area (Å²) in [5.74, 6) is 0.424. The standard InChI is InChI=1S/C21H26O4/c1-12-9-17-16-5-3-13-10-14(23)4-6-15(13)19(16)18(24)11-20(17,2)21(12,25)7-8-22/h3-6,10,12,17-18,22-25H,7-9,11H2,1-2H3/t12-,17+,18+,20+,21-/m1/s1. The van der Waals surface area contributed by atoms with Crippen molar-refractivity contribution in [3.05, 3.63) is 41.5 Å². The first-order chi connectivity index (χ1) is 11.8. The number of benzene rings is 2. The van der Waals surface area contributed by atoms with Crippen LogP contribution in [0.5, 0.6) is 5.75 Å². The van der Waals surface area contributed by atoms with Gasteiger partial charge >= 0.3 is 0 Å². The van der Waals surface area contributed by atoms with Crippen LogP contribution in [0.15, 0.2) is 30.3 Å². The summed E-state index contributed by atoms with van der Waals surface area (Å²) in [7, 11) is 0. The van der Waals surface area contributed by atoms with E-state index in [1.165, 1.54) is 0 Å². The molecule has 0 aromatic heterocycles. The van der Waals surface area contributed by atoms with Gasteiger partial charge in [0.05, 0.1) is 11.7 Å². The highest BCUT2D eigenvalue weighted by Gasteiger charge is 2.62. The van der Waals surface area contributed by atoms with E-state index < -0.39 is 17.1 Å². The van der Waals surface area contributed by atoms with Crippen LogP contribution in [0.1, 0.15) is 56.3 Å². The van der Waals surface area contributed by atoms with Crippen LogP contribution in [-0.2, 0) is 0 Å². The van der Waals surface area contributed by atoms with Crippen LogP contribution < -0.4 is 0 Å². The summed E-state index contributed by atoms with van der Waals surface area (Å²) in [6, 6.07) is 9.27. The Morgan fingerprint density at radius 1 is 1.20 bits per heavy atom. The van der Waals surface area contributed by atoms with Gasteiger partial charge in [-0.3, -0.25) is 0 Å². The van der Waals surface area contributed by atoms with Crippen molar-refractivity contribution in [3.63, 3.8) is 0 Å². The zero-order valence-electron chi connectivity index (χ0n) is 14.7. The number of aromatic hydroxyl groups is 1. The van der Waals surface area contributed by atoms with Crippen LogP contribution in [0.4, 0.5) is 0 Å². The molecule has 2 aromatic carbocycles. The lowest BCUT2D eigenvalue weighted by Crippen LogP contribution is -2.50. The maximum Gasteiger partial charge on any atom is 0.116 e. The van der Waals surface area contributed by atoms with E-state index in [2.05, 4.69) is 6.92 Å². The fraction of sp³-hybridized carbons (Fsp3) is 0.524. The lowest BCUT2D eigenvalue weighted by atomic mass is 9.59. The first-order valence-corrected chi connectivity index (χ1v) is 9.08. The molecule has 4 N–H and O–H groups in total. The summed E-state index contributed by atoms with van der Waals surface area (Å²) in [6.07, 6.45) is 0.993. The lowest BCUT2D eigenvalue weighted by molar-refractivity contribution is -0.118. The van der Waals surface area contributed by atoms with E-state index in [4.69, 9.17) is 0 Å². The maximum absolute atomic E-state index is 11.4. The van der Waals surface area contributed by atoms with Gasteiger partial charge in [0.1, 0.15) is 5.75 Å². The number of fused-ring (bicyclic) bond motifs is 5. The monoisotopic (exact) mass is 342 g/mol. The molecule has 0 spiro atoms. The second-order valence-electron chi connectivity index (χ2n) is 8.20. The van der Waals surface area contributed by atoms with E-state index in [0.29, 0.717) is 12.8 Å². The molecule has 0 heterocycles. The van der Waals surface area contributed by atoms with Crippen LogP contribution in [0.2, 0.25) is 0 Å². The van der Waals surface area contributed by atoms with E-state index in [9.17, 15) is 20.4 Å². The van der Waals surface area contributed by atoms with Gasteiger partial charge in [0.25, 0.3) is 0 Å². The maximum atomic E-state index is 11.4. The zero-order valence-corrected chi connectivity index (χ0v) is 14.7. The van der Waals surface area contributed by atoms with E-state index >= 15 is 0 Å². The summed E-state index contributed by atoms with van der Waals surface area (Å²) in [4.78, 5) is 0. The highest BCUT2D eigenvalue weighted by molar-refractivity contribution is 5.89. The Morgan fingerprint density at radius 3 is 2.68 bits per heavy atom. The van der Waals surface area contributed by atoms with Crippen molar-refractivity contribution in [2.24, 2.45) is 11.3 Å². The Labute approximate surface area is 147 Å². The third-order valence-electron chi connectivity index (χ3n) is 7.06. The predicted molar refractivity (Wildman–Crippen MR) is 96.5 cm³/mol. The first kappa shape index (κ1) is 16.8. The van der Waals surface area contributed by atoms with Gasteiger partial charge in [0.2, 0.25) is 0 Å². The van der Waals surface area contributed by atoms with Crippen LogP contribution in [-0.4, -0.2) is 32.6 Å². The molecule has 2 aliphatic carbocycles. The third-order valence-corrected chi connectivity index (χ3v) is 7.06. The van der Waals surface area contributed by atoms with Crippen molar-refractivity contribution < 1.29 is 20.4 Å². The van der Waals surface area contributed by atoms with Gasteiger partial charge < -0.3 is 20.4 Å². The molecule has 0 aliphatic heterocycles. The molecule has 2 aliphatic rings. The van der Waals surface area contributed by atoms with Crippen molar-refractivity contribution in [1.82, 2.24) is 0 Å². The SMILES string of the molecule is C[C@@H]1C[C@H]2c3ccc4cc(O)ccc4c3[C@@H](O)C[C@]2(C)[C@@]1(O)CCO. The van der Waals surface area contributed by atoms with Gasteiger partial charge in [-0.15, -0.1) is 0 Å². The topological polar surface area (TPSA) is 80.9 Å². The van der Waals surface area contributed by atoms with Crippen molar-refractivity contribution in [1.29, 1.82) is 0 Å². The summed E-state index contributed by atoms with van der Waals surface area (Å²) in [6.45, 7) is 4.05. The van der Waals surface area contributed by atoms with E-state index in [0.717, 1.165) is 28.3 Å². The normalized spacial score (nSPS) is 37.1. The Bertz CT molecular complexity index is 832. The van der Waals surface area contributed by atoms with Crippen molar-refractivity contribution >= 4 is 10.8 Å². The Kier molecular flexibility index (Phi) is 3.66.